The van der Waals surface area contributed by atoms with Crippen molar-refractivity contribution in [1.82, 2.24) is 20.2 Å². The van der Waals surface area contributed by atoms with Crippen LogP contribution in [0.15, 0.2) is 41.8 Å². The number of benzene rings is 1. The highest BCUT2D eigenvalue weighted by Gasteiger charge is 2.29. The summed E-state index contributed by atoms with van der Waals surface area (Å²) in [5.74, 6) is 0.806. The number of aromatic nitrogens is 2. The summed E-state index contributed by atoms with van der Waals surface area (Å²) in [4.78, 5) is 22.6. The van der Waals surface area contributed by atoms with E-state index in [-0.39, 0.29) is 17.8 Å². The lowest BCUT2D eigenvalue weighted by Gasteiger charge is -2.17. The van der Waals surface area contributed by atoms with E-state index in [9.17, 15) is 9.18 Å². The molecule has 1 saturated heterocycles. The third-order valence-electron chi connectivity index (χ3n) is 4.05. The Kier molecular flexibility index (Phi) is 5.99. The van der Waals surface area contributed by atoms with Crippen molar-refractivity contribution < 1.29 is 9.18 Å². The number of rotatable bonds is 7. The second kappa shape index (κ2) is 8.40. The van der Waals surface area contributed by atoms with Crippen LogP contribution in [0.5, 0.6) is 0 Å². The Morgan fingerprint density at radius 2 is 1.96 bits per heavy atom. The fourth-order valence-corrected chi connectivity index (χ4v) is 3.28. The number of hydrogen-bond acceptors (Lipinski definition) is 5. The van der Waals surface area contributed by atoms with Crippen molar-refractivity contribution in [3.8, 4) is 0 Å². The summed E-state index contributed by atoms with van der Waals surface area (Å²) in [6.07, 6.45) is 4.13. The standard InChI is InChI=1S/C18H21FN4OS/c1-2-25-18-21-9-14(10-22-18)8-20-16-7-17(24)23(12-16)11-13-3-5-15(19)6-4-13/h3-6,9-10,16,20H,2,7-8,11-12H2,1H3. The van der Waals surface area contributed by atoms with Crippen molar-refractivity contribution in [1.29, 1.82) is 0 Å². The molecule has 5 nitrogen and oxygen atoms in total. The lowest BCUT2D eigenvalue weighted by Crippen LogP contribution is -2.32. The molecule has 1 atom stereocenters. The second-order valence-electron chi connectivity index (χ2n) is 5.99. The third-order valence-corrected chi connectivity index (χ3v) is 4.81. The molecule has 2 aromatic rings. The van der Waals surface area contributed by atoms with Crippen molar-refractivity contribution in [2.45, 2.75) is 37.6 Å². The maximum Gasteiger partial charge on any atom is 0.224 e. The van der Waals surface area contributed by atoms with Crippen LogP contribution in [-0.2, 0) is 17.9 Å². The van der Waals surface area contributed by atoms with E-state index in [4.69, 9.17) is 0 Å². The highest BCUT2D eigenvalue weighted by Crippen LogP contribution is 2.16. The van der Waals surface area contributed by atoms with Crippen molar-refractivity contribution in [2.75, 3.05) is 12.3 Å². The van der Waals surface area contributed by atoms with Crippen LogP contribution in [0.25, 0.3) is 0 Å². The molecule has 1 aromatic carbocycles. The van der Waals surface area contributed by atoms with E-state index in [1.54, 1.807) is 23.9 Å². The van der Waals surface area contributed by atoms with Crippen LogP contribution in [0.1, 0.15) is 24.5 Å². The Balaban J connectivity index is 1.49. The summed E-state index contributed by atoms with van der Waals surface area (Å²) in [5.41, 5.74) is 1.94. The molecule has 7 heteroatoms. The number of likely N-dealkylation sites (tertiary alicyclic amines) is 1. The van der Waals surface area contributed by atoms with Crippen LogP contribution >= 0.6 is 11.8 Å². The minimum absolute atomic E-state index is 0.109. The average molecular weight is 360 g/mol. The minimum atomic E-state index is -0.262. The number of carbonyl (C=O) groups is 1. The molecule has 0 spiro atoms. The zero-order valence-corrected chi connectivity index (χ0v) is 14.9. The summed E-state index contributed by atoms with van der Waals surface area (Å²) in [6.45, 7) is 3.88. The van der Waals surface area contributed by atoms with Crippen LogP contribution in [0.4, 0.5) is 4.39 Å². The lowest BCUT2D eigenvalue weighted by atomic mass is 10.2. The number of nitrogens with zero attached hydrogens (tertiary/aromatic N) is 3. The van der Waals surface area contributed by atoms with E-state index in [1.807, 2.05) is 17.3 Å². The number of nitrogens with one attached hydrogen (secondary N) is 1. The van der Waals surface area contributed by atoms with Gasteiger partial charge in [-0.3, -0.25) is 4.79 Å². The molecule has 0 saturated carbocycles. The van der Waals surface area contributed by atoms with Crippen LogP contribution < -0.4 is 5.32 Å². The second-order valence-corrected chi connectivity index (χ2v) is 7.22. The fraction of sp³-hybridized carbons (Fsp3) is 0.389. The number of amides is 1. The Hall–Kier alpha value is -1.99. The molecule has 0 radical (unpaired) electrons. The third kappa shape index (κ3) is 4.99. The SMILES string of the molecule is CCSc1ncc(CNC2CC(=O)N(Cc3ccc(F)cc3)C2)cn1. The molecule has 1 fully saturated rings. The first-order valence-corrected chi connectivity index (χ1v) is 9.32. The van der Waals surface area contributed by atoms with Gasteiger partial charge in [0.1, 0.15) is 5.82 Å². The predicted octanol–water partition coefficient (Wildman–Crippen LogP) is 2.62. The van der Waals surface area contributed by atoms with Crippen molar-refractivity contribution in [3.63, 3.8) is 0 Å². The van der Waals surface area contributed by atoms with Gasteiger partial charge in [-0.1, -0.05) is 30.8 Å². The Bertz CT molecular complexity index is 708. The van der Waals surface area contributed by atoms with Crippen molar-refractivity contribution in [2.24, 2.45) is 0 Å². The van der Waals surface area contributed by atoms with E-state index in [2.05, 4.69) is 22.2 Å². The average Bonchev–Trinajstić information content (AvgIpc) is 2.96. The van der Waals surface area contributed by atoms with Crippen LogP contribution in [0, 0.1) is 5.82 Å². The lowest BCUT2D eigenvalue weighted by molar-refractivity contribution is -0.128. The van der Waals surface area contributed by atoms with Gasteiger partial charge in [0.05, 0.1) is 0 Å². The van der Waals surface area contributed by atoms with Crippen LogP contribution in [0.3, 0.4) is 0 Å². The Morgan fingerprint density at radius 3 is 2.64 bits per heavy atom. The van der Waals surface area contributed by atoms with Gasteiger partial charge in [0, 0.05) is 50.1 Å². The summed E-state index contributed by atoms with van der Waals surface area (Å²) >= 11 is 1.61. The quantitative estimate of drug-likeness (QED) is 0.608. The first kappa shape index (κ1) is 17.8. The number of carbonyl (C=O) groups excluding carboxylic acids is 1. The fourth-order valence-electron chi connectivity index (χ4n) is 2.77. The molecule has 25 heavy (non-hydrogen) atoms. The zero-order valence-electron chi connectivity index (χ0n) is 14.1. The van der Waals surface area contributed by atoms with E-state index in [1.165, 1.54) is 12.1 Å². The largest absolute Gasteiger partial charge is 0.337 e. The van der Waals surface area contributed by atoms with Gasteiger partial charge in [-0.2, -0.15) is 0 Å². The van der Waals surface area contributed by atoms with E-state index < -0.39 is 0 Å². The molecule has 1 aromatic heterocycles. The first-order valence-electron chi connectivity index (χ1n) is 8.33. The summed E-state index contributed by atoms with van der Waals surface area (Å²) in [5, 5.41) is 4.18. The monoisotopic (exact) mass is 360 g/mol. The summed E-state index contributed by atoms with van der Waals surface area (Å²) < 4.78 is 13.0. The number of hydrogen-bond donors (Lipinski definition) is 1. The normalized spacial score (nSPS) is 17.3. The molecule has 1 aliphatic heterocycles. The van der Waals surface area contributed by atoms with Gasteiger partial charge < -0.3 is 10.2 Å². The summed E-state index contributed by atoms with van der Waals surface area (Å²) in [6, 6.07) is 6.39. The predicted molar refractivity (Wildman–Crippen MR) is 95.5 cm³/mol. The first-order chi connectivity index (χ1) is 12.1. The molecule has 0 bridgehead atoms. The molecule has 132 valence electrons. The molecule has 1 N–H and O–H groups in total. The van der Waals surface area contributed by atoms with Gasteiger partial charge in [-0.05, 0) is 23.4 Å². The van der Waals surface area contributed by atoms with Gasteiger partial charge in [0.2, 0.25) is 5.91 Å². The smallest absolute Gasteiger partial charge is 0.224 e. The van der Waals surface area contributed by atoms with Crippen LogP contribution in [0.2, 0.25) is 0 Å². The molecule has 2 heterocycles. The highest BCUT2D eigenvalue weighted by atomic mass is 32.2. The number of halogens is 1. The summed E-state index contributed by atoms with van der Waals surface area (Å²) in [7, 11) is 0. The van der Waals surface area contributed by atoms with Crippen molar-refractivity contribution in [3.05, 3.63) is 53.6 Å². The molecule has 1 amide bonds. The van der Waals surface area contributed by atoms with E-state index in [0.717, 1.165) is 22.0 Å². The van der Waals surface area contributed by atoms with Gasteiger partial charge >= 0.3 is 0 Å². The maximum atomic E-state index is 13.0. The van der Waals surface area contributed by atoms with E-state index >= 15 is 0 Å². The van der Waals surface area contributed by atoms with Gasteiger partial charge in [-0.25, -0.2) is 14.4 Å². The van der Waals surface area contributed by atoms with Crippen molar-refractivity contribution >= 4 is 17.7 Å². The number of thioether (sulfide) groups is 1. The van der Waals surface area contributed by atoms with Gasteiger partial charge in [0.25, 0.3) is 0 Å². The minimum Gasteiger partial charge on any atom is -0.337 e. The topological polar surface area (TPSA) is 58.1 Å². The molecule has 3 rings (SSSR count). The Morgan fingerprint density at radius 1 is 1.24 bits per heavy atom. The van der Waals surface area contributed by atoms with Gasteiger partial charge in [-0.15, -0.1) is 0 Å². The molecule has 0 aliphatic carbocycles. The molecule has 1 aliphatic rings. The Labute approximate surface area is 151 Å². The molecular weight excluding hydrogens is 339 g/mol. The highest BCUT2D eigenvalue weighted by molar-refractivity contribution is 7.99. The molecule has 1 unspecified atom stereocenters. The zero-order chi connectivity index (χ0) is 17.6. The maximum absolute atomic E-state index is 13.0. The molecular formula is C18H21FN4OS. The van der Waals surface area contributed by atoms with Crippen LogP contribution in [-0.4, -0.2) is 39.1 Å². The van der Waals surface area contributed by atoms with E-state index in [0.29, 0.717) is 26.1 Å². The van der Waals surface area contributed by atoms with Gasteiger partial charge in [0.15, 0.2) is 5.16 Å².